The monoisotopic (exact) mass is 406 g/mol. The average Bonchev–Trinajstić information content (AvgIpc) is 3.60. The molecule has 31 heavy (non-hydrogen) atoms. The Balaban J connectivity index is 1.42. The number of rotatable bonds is 3. The Labute approximate surface area is 178 Å². The van der Waals surface area contributed by atoms with Gasteiger partial charge in [-0.1, -0.05) is 54.6 Å². The van der Waals surface area contributed by atoms with Gasteiger partial charge in [0.2, 0.25) is 0 Å². The van der Waals surface area contributed by atoms with E-state index in [9.17, 15) is 9.18 Å². The number of halogens is 1. The Morgan fingerprint density at radius 3 is 2.52 bits per heavy atom. The highest BCUT2D eigenvalue weighted by atomic mass is 19.1. The molecule has 0 spiro atoms. The number of nitrogens with zero attached hydrogens (tertiary/aromatic N) is 2. The fourth-order valence-electron chi connectivity index (χ4n) is 4.53. The van der Waals surface area contributed by atoms with Crippen LogP contribution >= 0.6 is 0 Å². The predicted molar refractivity (Wildman–Crippen MR) is 122 cm³/mol. The molecule has 0 amide bonds. The maximum absolute atomic E-state index is 13.5. The van der Waals surface area contributed by atoms with Gasteiger partial charge in [-0.05, 0) is 53.3 Å². The first-order chi connectivity index (χ1) is 15.2. The number of aromatic nitrogens is 2. The molecule has 0 bridgehead atoms. The molecule has 1 saturated carbocycles. The second-order valence-corrected chi connectivity index (χ2v) is 8.14. The lowest BCUT2D eigenvalue weighted by atomic mass is 9.99. The molecule has 1 aliphatic rings. The molecule has 0 N–H and O–H groups in total. The van der Waals surface area contributed by atoms with Gasteiger partial charge in [-0.25, -0.2) is 4.39 Å². The van der Waals surface area contributed by atoms with E-state index in [2.05, 4.69) is 18.2 Å². The van der Waals surface area contributed by atoms with E-state index in [4.69, 9.17) is 4.98 Å². The van der Waals surface area contributed by atoms with Gasteiger partial charge in [0.25, 0.3) is 5.56 Å². The summed E-state index contributed by atoms with van der Waals surface area (Å²) in [5.41, 5.74) is 3.67. The minimum atomic E-state index is -0.287. The minimum absolute atomic E-state index is 0.00860. The maximum Gasteiger partial charge on any atom is 0.259 e. The van der Waals surface area contributed by atoms with Gasteiger partial charge in [-0.3, -0.25) is 9.78 Å². The molecule has 5 aromatic rings. The van der Waals surface area contributed by atoms with Crippen LogP contribution in [-0.2, 0) is 0 Å². The van der Waals surface area contributed by atoms with Gasteiger partial charge in [-0.2, -0.15) is 0 Å². The van der Waals surface area contributed by atoms with Crippen molar-refractivity contribution < 1.29 is 4.39 Å². The zero-order valence-corrected chi connectivity index (χ0v) is 16.7. The van der Waals surface area contributed by atoms with E-state index in [0.29, 0.717) is 5.39 Å². The highest BCUT2D eigenvalue weighted by Gasteiger charge is 2.41. The van der Waals surface area contributed by atoms with E-state index >= 15 is 0 Å². The molecule has 1 aliphatic carbocycles. The summed E-state index contributed by atoms with van der Waals surface area (Å²) in [6.07, 6.45) is 2.79. The Bertz CT molecular complexity index is 1500. The van der Waals surface area contributed by atoms with Crippen molar-refractivity contribution >= 4 is 21.7 Å². The molecular formula is C27H19FN2O. The smallest absolute Gasteiger partial charge is 0.259 e. The fraction of sp³-hybridized carbons (Fsp3) is 0.111. The summed E-state index contributed by atoms with van der Waals surface area (Å²) in [5.74, 6) is -0.0529. The third kappa shape index (κ3) is 3.03. The molecule has 6 rings (SSSR count). The molecule has 2 atom stereocenters. The van der Waals surface area contributed by atoms with Gasteiger partial charge in [0.15, 0.2) is 0 Å². The Hall–Kier alpha value is -3.79. The normalized spacial score (nSPS) is 17.8. The first kappa shape index (κ1) is 18.0. The summed E-state index contributed by atoms with van der Waals surface area (Å²) in [6.45, 7) is 0. The van der Waals surface area contributed by atoms with Gasteiger partial charge in [0, 0.05) is 29.2 Å². The third-order valence-corrected chi connectivity index (χ3v) is 6.23. The topological polar surface area (TPSA) is 34.9 Å². The lowest BCUT2D eigenvalue weighted by Crippen LogP contribution is -2.19. The first-order valence-corrected chi connectivity index (χ1v) is 10.4. The Morgan fingerprint density at radius 1 is 0.839 bits per heavy atom. The molecule has 150 valence electrons. The molecule has 2 unspecified atom stereocenters. The molecule has 0 radical (unpaired) electrons. The molecule has 0 saturated heterocycles. The molecule has 2 aromatic heterocycles. The number of para-hydroxylation sites is 1. The van der Waals surface area contributed by atoms with Crippen LogP contribution in [-0.4, -0.2) is 9.55 Å². The zero-order valence-electron chi connectivity index (χ0n) is 16.7. The highest BCUT2D eigenvalue weighted by Crippen LogP contribution is 2.50. The summed E-state index contributed by atoms with van der Waals surface area (Å²) in [4.78, 5) is 18.4. The first-order valence-electron chi connectivity index (χ1n) is 10.4. The fourth-order valence-corrected chi connectivity index (χ4v) is 4.53. The molecule has 0 aliphatic heterocycles. The van der Waals surface area contributed by atoms with E-state index in [1.807, 2.05) is 53.2 Å². The number of hydrogen-bond acceptors (Lipinski definition) is 2. The van der Waals surface area contributed by atoms with E-state index in [0.717, 1.165) is 39.5 Å². The number of pyridine rings is 2. The van der Waals surface area contributed by atoms with Crippen molar-refractivity contribution in [2.24, 2.45) is 0 Å². The van der Waals surface area contributed by atoms with Crippen LogP contribution in [0.25, 0.3) is 32.8 Å². The summed E-state index contributed by atoms with van der Waals surface area (Å²) < 4.78 is 15.2. The minimum Gasteiger partial charge on any atom is -0.311 e. The Kier molecular flexibility index (Phi) is 4.00. The maximum atomic E-state index is 13.5. The average molecular weight is 406 g/mol. The molecule has 3 nitrogen and oxygen atoms in total. The number of fused-ring (bicyclic) bond motifs is 2. The largest absolute Gasteiger partial charge is 0.311 e. The van der Waals surface area contributed by atoms with Gasteiger partial charge < -0.3 is 4.57 Å². The van der Waals surface area contributed by atoms with Crippen molar-refractivity contribution in [1.29, 1.82) is 0 Å². The Morgan fingerprint density at radius 2 is 1.65 bits per heavy atom. The predicted octanol–water partition coefficient (Wildman–Crippen LogP) is 6.08. The SMILES string of the molecule is O=c1c2c(-c3ccc(F)cc3)cccc2ccn1C1CC1c1ccc2ccccc2n1. The van der Waals surface area contributed by atoms with Crippen LogP contribution in [0.3, 0.4) is 0 Å². The van der Waals surface area contributed by atoms with Gasteiger partial charge in [0.1, 0.15) is 5.82 Å². The summed E-state index contributed by atoms with van der Waals surface area (Å²) in [6, 6.07) is 26.5. The lowest BCUT2D eigenvalue weighted by Gasteiger charge is -2.11. The van der Waals surface area contributed by atoms with Crippen molar-refractivity contribution in [2.75, 3.05) is 0 Å². The van der Waals surface area contributed by atoms with Crippen LogP contribution in [0.15, 0.2) is 95.9 Å². The van der Waals surface area contributed by atoms with Crippen LogP contribution in [0, 0.1) is 5.82 Å². The number of hydrogen-bond donors (Lipinski definition) is 0. The van der Waals surface area contributed by atoms with Crippen LogP contribution < -0.4 is 5.56 Å². The third-order valence-electron chi connectivity index (χ3n) is 6.23. The van der Waals surface area contributed by atoms with Crippen LogP contribution in [0.4, 0.5) is 4.39 Å². The van der Waals surface area contributed by atoms with E-state index < -0.39 is 0 Å². The van der Waals surface area contributed by atoms with Crippen molar-refractivity contribution in [1.82, 2.24) is 9.55 Å². The summed E-state index contributed by atoms with van der Waals surface area (Å²) in [7, 11) is 0. The quantitative estimate of drug-likeness (QED) is 0.364. The molecule has 4 heteroatoms. The van der Waals surface area contributed by atoms with Crippen molar-refractivity contribution in [2.45, 2.75) is 18.4 Å². The second-order valence-electron chi connectivity index (χ2n) is 8.14. The van der Waals surface area contributed by atoms with Crippen LogP contribution in [0.1, 0.15) is 24.1 Å². The van der Waals surface area contributed by atoms with Crippen LogP contribution in [0.2, 0.25) is 0 Å². The van der Waals surface area contributed by atoms with Gasteiger partial charge >= 0.3 is 0 Å². The molecule has 1 fully saturated rings. The molecule has 2 heterocycles. The zero-order chi connectivity index (χ0) is 20.9. The van der Waals surface area contributed by atoms with Crippen molar-refractivity contribution in [3.8, 4) is 11.1 Å². The van der Waals surface area contributed by atoms with E-state index in [-0.39, 0.29) is 23.3 Å². The standard InChI is InChI=1S/C27H19FN2O/c28-20-11-8-17(9-12-20)21-6-3-5-19-14-15-30(27(31)26(19)21)25-16-22(25)24-13-10-18-4-1-2-7-23(18)29-24/h1-15,22,25H,16H2. The van der Waals surface area contributed by atoms with Crippen molar-refractivity contribution in [3.05, 3.63) is 113 Å². The van der Waals surface area contributed by atoms with E-state index in [1.165, 1.54) is 12.1 Å². The van der Waals surface area contributed by atoms with Crippen LogP contribution in [0.5, 0.6) is 0 Å². The lowest BCUT2D eigenvalue weighted by molar-refractivity contribution is 0.628. The van der Waals surface area contributed by atoms with Crippen molar-refractivity contribution in [3.63, 3.8) is 0 Å². The molecular weight excluding hydrogens is 387 g/mol. The second kappa shape index (κ2) is 6.88. The van der Waals surface area contributed by atoms with Gasteiger partial charge in [0.05, 0.1) is 10.9 Å². The van der Waals surface area contributed by atoms with E-state index in [1.54, 1.807) is 12.1 Å². The highest BCUT2D eigenvalue weighted by molar-refractivity contribution is 5.96. The summed E-state index contributed by atoms with van der Waals surface area (Å²) >= 11 is 0. The molecule has 3 aromatic carbocycles. The van der Waals surface area contributed by atoms with Gasteiger partial charge in [-0.15, -0.1) is 0 Å². The summed E-state index contributed by atoms with van der Waals surface area (Å²) in [5, 5.41) is 2.69. The number of benzene rings is 3.